The minimum absolute atomic E-state index is 0.0158. The zero-order valence-corrected chi connectivity index (χ0v) is 14.9. The minimum atomic E-state index is -0.166. The van der Waals surface area contributed by atoms with Crippen molar-refractivity contribution < 1.29 is 9.53 Å². The Hall–Kier alpha value is -0.570. The number of likely N-dealkylation sites (tertiary alicyclic amines) is 1. The van der Waals surface area contributed by atoms with Crippen molar-refractivity contribution in [1.29, 1.82) is 0 Å². The Balaban J connectivity index is 1.37. The van der Waals surface area contributed by atoms with Gasteiger partial charge >= 0.3 is 5.97 Å². The van der Waals surface area contributed by atoms with Gasteiger partial charge in [0, 0.05) is 6.54 Å². The molecule has 4 saturated carbocycles. The van der Waals surface area contributed by atoms with Crippen LogP contribution in [0.2, 0.25) is 0 Å². The maximum absolute atomic E-state index is 12.8. The number of hydrogen-bond acceptors (Lipinski definition) is 3. The van der Waals surface area contributed by atoms with E-state index >= 15 is 0 Å². The number of nitrogens with zero attached hydrogens (tertiary/aromatic N) is 1. The molecule has 5 rings (SSSR count). The van der Waals surface area contributed by atoms with Gasteiger partial charge in [-0.2, -0.15) is 0 Å². The van der Waals surface area contributed by atoms with Gasteiger partial charge in [0.25, 0.3) is 0 Å². The van der Waals surface area contributed by atoms with Gasteiger partial charge in [0.2, 0.25) is 0 Å². The van der Waals surface area contributed by atoms with Crippen LogP contribution in [-0.4, -0.2) is 36.1 Å². The van der Waals surface area contributed by atoms with Crippen molar-refractivity contribution in [2.24, 2.45) is 29.6 Å². The van der Waals surface area contributed by atoms with Gasteiger partial charge in [0.15, 0.2) is 0 Å². The lowest BCUT2D eigenvalue weighted by Gasteiger charge is -2.59. The van der Waals surface area contributed by atoms with Crippen LogP contribution >= 0.6 is 0 Å². The Bertz CT molecular complexity index is 427. The molecule has 1 unspecified atom stereocenters. The molecule has 3 heteroatoms. The fourth-order valence-corrected chi connectivity index (χ4v) is 6.21. The summed E-state index contributed by atoms with van der Waals surface area (Å²) in [5, 5.41) is 0. The van der Waals surface area contributed by atoms with Crippen LogP contribution in [0.3, 0.4) is 0 Å². The number of rotatable bonds is 4. The molecule has 3 nitrogen and oxygen atoms in total. The van der Waals surface area contributed by atoms with Crippen LogP contribution in [0.4, 0.5) is 0 Å². The molecule has 0 radical (unpaired) electrons. The molecule has 1 saturated heterocycles. The van der Waals surface area contributed by atoms with Gasteiger partial charge in [0.1, 0.15) is 5.60 Å². The van der Waals surface area contributed by atoms with E-state index in [0.29, 0.717) is 11.8 Å². The molecule has 5 aliphatic rings. The molecule has 0 amide bonds. The molecule has 0 aromatic heterocycles. The van der Waals surface area contributed by atoms with Gasteiger partial charge in [-0.25, -0.2) is 0 Å². The second-order valence-corrected chi connectivity index (χ2v) is 9.17. The van der Waals surface area contributed by atoms with Crippen molar-refractivity contribution >= 4 is 5.97 Å². The lowest BCUT2D eigenvalue weighted by molar-refractivity contribution is -0.207. The highest BCUT2D eigenvalue weighted by Gasteiger charge is 2.57. The van der Waals surface area contributed by atoms with Crippen LogP contribution in [0.5, 0.6) is 0 Å². The minimum Gasteiger partial charge on any atom is -0.459 e. The standard InChI is InChI=1S/C20H33NO2/c1-14(13-21-6-4-3-5-7-21)19(22)23-20(2)17-9-15-8-16(11-17)12-18(20)10-15/h14-18H,3-13H2,1-2H3. The fourth-order valence-electron chi connectivity index (χ4n) is 6.21. The van der Waals surface area contributed by atoms with E-state index in [9.17, 15) is 4.79 Å². The number of carbonyl (C=O) groups is 1. The van der Waals surface area contributed by atoms with E-state index in [1.165, 1.54) is 51.4 Å². The summed E-state index contributed by atoms with van der Waals surface area (Å²) in [6.45, 7) is 7.52. The fraction of sp³-hybridized carbons (Fsp3) is 0.950. The Morgan fingerprint density at radius 3 is 2.17 bits per heavy atom. The normalized spacial score (nSPS) is 44.3. The molecule has 4 bridgehead atoms. The molecule has 1 atom stereocenters. The zero-order chi connectivity index (χ0) is 16.0. The summed E-state index contributed by atoms with van der Waals surface area (Å²) in [6.07, 6.45) is 10.6. The highest BCUT2D eigenvalue weighted by atomic mass is 16.6. The lowest BCUT2D eigenvalue weighted by Crippen LogP contribution is -2.58. The van der Waals surface area contributed by atoms with Crippen LogP contribution in [-0.2, 0) is 9.53 Å². The summed E-state index contributed by atoms with van der Waals surface area (Å²) in [5.74, 6) is 3.19. The quantitative estimate of drug-likeness (QED) is 0.737. The third kappa shape index (κ3) is 2.94. The third-order valence-electron chi connectivity index (χ3n) is 7.46. The average Bonchev–Trinajstić information content (AvgIpc) is 2.53. The van der Waals surface area contributed by atoms with Gasteiger partial charge in [-0.3, -0.25) is 4.79 Å². The van der Waals surface area contributed by atoms with E-state index < -0.39 is 0 Å². The Labute approximate surface area is 141 Å². The predicted molar refractivity (Wildman–Crippen MR) is 91.0 cm³/mol. The summed E-state index contributed by atoms with van der Waals surface area (Å²) >= 11 is 0. The molecule has 4 aliphatic carbocycles. The van der Waals surface area contributed by atoms with E-state index in [-0.39, 0.29) is 17.5 Å². The van der Waals surface area contributed by atoms with Gasteiger partial charge in [0.05, 0.1) is 5.92 Å². The van der Waals surface area contributed by atoms with E-state index in [0.717, 1.165) is 31.5 Å². The van der Waals surface area contributed by atoms with Gasteiger partial charge in [-0.05, 0) is 88.6 Å². The van der Waals surface area contributed by atoms with Gasteiger partial charge in [-0.1, -0.05) is 13.3 Å². The molecule has 1 aliphatic heterocycles. The van der Waals surface area contributed by atoms with E-state index in [1.807, 2.05) is 0 Å². The highest BCUT2D eigenvalue weighted by Crippen LogP contribution is 2.59. The average molecular weight is 319 g/mol. The Morgan fingerprint density at radius 2 is 1.61 bits per heavy atom. The largest absolute Gasteiger partial charge is 0.459 e. The first-order valence-corrected chi connectivity index (χ1v) is 10.00. The number of hydrogen-bond donors (Lipinski definition) is 0. The zero-order valence-electron chi connectivity index (χ0n) is 14.9. The topological polar surface area (TPSA) is 29.5 Å². The summed E-state index contributed by atoms with van der Waals surface area (Å²) in [5.41, 5.74) is -0.166. The smallest absolute Gasteiger partial charge is 0.310 e. The molecule has 0 N–H and O–H groups in total. The first-order valence-electron chi connectivity index (χ1n) is 10.00. The van der Waals surface area contributed by atoms with Crippen molar-refractivity contribution in [3.8, 4) is 0 Å². The third-order valence-corrected chi connectivity index (χ3v) is 7.46. The molecule has 0 aromatic rings. The van der Waals surface area contributed by atoms with E-state index in [1.54, 1.807) is 0 Å². The summed E-state index contributed by atoms with van der Waals surface area (Å²) in [7, 11) is 0. The van der Waals surface area contributed by atoms with Crippen molar-refractivity contribution in [3.05, 3.63) is 0 Å². The van der Waals surface area contributed by atoms with Crippen LogP contribution in [0.15, 0.2) is 0 Å². The Morgan fingerprint density at radius 1 is 1.04 bits per heavy atom. The second-order valence-electron chi connectivity index (χ2n) is 9.17. The van der Waals surface area contributed by atoms with Crippen LogP contribution in [0.25, 0.3) is 0 Å². The monoisotopic (exact) mass is 319 g/mol. The maximum Gasteiger partial charge on any atom is 0.310 e. The van der Waals surface area contributed by atoms with Crippen molar-refractivity contribution in [3.63, 3.8) is 0 Å². The molecule has 0 spiro atoms. The van der Waals surface area contributed by atoms with E-state index in [2.05, 4.69) is 18.7 Å². The highest BCUT2D eigenvalue weighted by molar-refractivity contribution is 5.73. The van der Waals surface area contributed by atoms with Crippen molar-refractivity contribution in [1.82, 2.24) is 4.90 Å². The molecule has 5 fully saturated rings. The van der Waals surface area contributed by atoms with Gasteiger partial charge < -0.3 is 9.64 Å². The molecular weight excluding hydrogens is 286 g/mol. The Kier molecular flexibility index (Phi) is 4.19. The predicted octanol–water partition coefficient (Wildman–Crippen LogP) is 3.87. The van der Waals surface area contributed by atoms with Crippen molar-refractivity contribution in [2.45, 2.75) is 70.8 Å². The second kappa shape index (κ2) is 6.06. The number of carbonyl (C=O) groups excluding carboxylic acids is 1. The molecule has 23 heavy (non-hydrogen) atoms. The first kappa shape index (κ1) is 15.9. The summed E-state index contributed by atoms with van der Waals surface area (Å²) in [6, 6.07) is 0. The number of ether oxygens (including phenoxy) is 1. The number of esters is 1. The maximum atomic E-state index is 12.8. The van der Waals surface area contributed by atoms with Crippen LogP contribution in [0.1, 0.15) is 65.2 Å². The van der Waals surface area contributed by atoms with Crippen LogP contribution < -0.4 is 0 Å². The van der Waals surface area contributed by atoms with Crippen LogP contribution in [0, 0.1) is 29.6 Å². The SMILES string of the molecule is CC(CN1CCCCC1)C(=O)OC1(C)C2CC3CC(C2)CC1C3. The first-order chi connectivity index (χ1) is 11.0. The molecule has 130 valence electrons. The summed E-state index contributed by atoms with van der Waals surface area (Å²) in [4.78, 5) is 15.2. The molecule has 0 aromatic carbocycles. The van der Waals surface area contributed by atoms with Crippen molar-refractivity contribution in [2.75, 3.05) is 19.6 Å². The van der Waals surface area contributed by atoms with Gasteiger partial charge in [-0.15, -0.1) is 0 Å². The molecular formula is C20H33NO2. The summed E-state index contributed by atoms with van der Waals surface area (Å²) < 4.78 is 6.25. The lowest BCUT2D eigenvalue weighted by atomic mass is 9.50. The number of piperidine rings is 1. The molecule has 1 heterocycles. The van der Waals surface area contributed by atoms with E-state index in [4.69, 9.17) is 4.74 Å².